The van der Waals surface area contributed by atoms with Gasteiger partial charge in [0.2, 0.25) is 0 Å². The Kier molecular flexibility index (Phi) is 4.04. The Balaban J connectivity index is 2.34. The van der Waals surface area contributed by atoms with Crippen LogP contribution in [-0.2, 0) is 12.6 Å². The molecule has 1 aromatic carbocycles. The van der Waals surface area contributed by atoms with Crippen LogP contribution >= 0.6 is 0 Å². The number of nitrogens with zero attached hydrogens (tertiary/aromatic N) is 1. The lowest BCUT2D eigenvalue weighted by Gasteiger charge is -2.18. The van der Waals surface area contributed by atoms with Gasteiger partial charge in [-0.15, -0.1) is 0 Å². The number of benzene rings is 1. The van der Waals surface area contributed by atoms with Crippen LogP contribution in [0.4, 0.5) is 17.6 Å². The van der Waals surface area contributed by atoms with Crippen molar-refractivity contribution in [1.29, 1.82) is 0 Å². The van der Waals surface area contributed by atoms with Crippen LogP contribution in [-0.4, -0.2) is 4.98 Å². The molecular formula is C14H12F4N2. The number of hydrogen-bond donors (Lipinski definition) is 1. The van der Waals surface area contributed by atoms with E-state index in [4.69, 9.17) is 5.73 Å². The molecule has 0 saturated heterocycles. The lowest BCUT2D eigenvalue weighted by Crippen LogP contribution is -2.19. The first-order chi connectivity index (χ1) is 9.38. The topological polar surface area (TPSA) is 38.9 Å². The van der Waals surface area contributed by atoms with Gasteiger partial charge in [0, 0.05) is 18.4 Å². The van der Waals surface area contributed by atoms with E-state index in [0.29, 0.717) is 0 Å². The summed E-state index contributed by atoms with van der Waals surface area (Å²) in [5.41, 5.74) is 5.40. The normalized spacial score (nSPS) is 13.2. The minimum Gasteiger partial charge on any atom is -0.324 e. The fraction of sp³-hybridized carbons (Fsp3) is 0.214. The standard InChI is InChI=1S/C14H12F4N2/c15-10-1-2-12(14(16,17)18)11(8-10)13(19)7-9-3-5-20-6-4-9/h1-6,8,13H,7,19H2. The molecule has 0 radical (unpaired) electrons. The van der Waals surface area contributed by atoms with Gasteiger partial charge in [0.05, 0.1) is 5.56 Å². The van der Waals surface area contributed by atoms with Crippen molar-refractivity contribution in [3.63, 3.8) is 0 Å². The van der Waals surface area contributed by atoms with E-state index >= 15 is 0 Å². The van der Waals surface area contributed by atoms with Gasteiger partial charge in [0.1, 0.15) is 5.82 Å². The van der Waals surface area contributed by atoms with Crippen LogP contribution in [0.15, 0.2) is 42.7 Å². The van der Waals surface area contributed by atoms with Gasteiger partial charge in [-0.2, -0.15) is 13.2 Å². The zero-order valence-corrected chi connectivity index (χ0v) is 10.4. The van der Waals surface area contributed by atoms with Crippen molar-refractivity contribution in [3.05, 3.63) is 65.2 Å². The molecule has 1 atom stereocenters. The Morgan fingerprint density at radius 2 is 1.75 bits per heavy atom. The van der Waals surface area contributed by atoms with Gasteiger partial charge in [0.25, 0.3) is 0 Å². The van der Waals surface area contributed by atoms with Crippen molar-refractivity contribution >= 4 is 0 Å². The lowest BCUT2D eigenvalue weighted by molar-refractivity contribution is -0.138. The number of aromatic nitrogens is 1. The smallest absolute Gasteiger partial charge is 0.324 e. The average Bonchev–Trinajstić information content (AvgIpc) is 2.38. The van der Waals surface area contributed by atoms with E-state index in [1.54, 1.807) is 12.1 Å². The molecule has 1 heterocycles. The Morgan fingerprint density at radius 3 is 2.35 bits per heavy atom. The molecule has 20 heavy (non-hydrogen) atoms. The molecule has 0 amide bonds. The molecule has 1 unspecified atom stereocenters. The molecule has 1 aromatic heterocycles. The fourth-order valence-corrected chi connectivity index (χ4v) is 1.98. The van der Waals surface area contributed by atoms with Gasteiger partial charge in [-0.1, -0.05) is 0 Å². The first-order valence-corrected chi connectivity index (χ1v) is 5.89. The highest BCUT2D eigenvalue weighted by Crippen LogP contribution is 2.35. The third-order valence-electron chi connectivity index (χ3n) is 2.92. The van der Waals surface area contributed by atoms with E-state index in [-0.39, 0.29) is 12.0 Å². The summed E-state index contributed by atoms with van der Waals surface area (Å²) in [6.45, 7) is 0. The van der Waals surface area contributed by atoms with Crippen molar-refractivity contribution in [2.24, 2.45) is 5.73 Å². The van der Waals surface area contributed by atoms with Gasteiger partial charge in [-0.25, -0.2) is 4.39 Å². The SMILES string of the molecule is NC(Cc1ccncc1)c1cc(F)ccc1C(F)(F)F. The summed E-state index contributed by atoms with van der Waals surface area (Å²) in [6.07, 6.45) is -1.33. The van der Waals surface area contributed by atoms with Crippen LogP contribution in [0.25, 0.3) is 0 Å². The molecule has 6 heteroatoms. The summed E-state index contributed by atoms with van der Waals surface area (Å²) in [4.78, 5) is 3.82. The summed E-state index contributed by atoms with van der Waals surface area (Å²) >= 11 is 0. The van der Waals surface area contributed by atoms with E-state index in [1.807, 2.05) is 0 Å². The predicted molar refractivity (Wildman–Crippen MR) is 66.3 cm³/mol. The van der Waals surface area contributed by atoms with E-state index in [2.05, 4.69) is 4.98 Å². The lowest BCUT2D eigenvalue weighted by atomic mass is 9.95. The second-order valence-electron chi connectivity index (χ2n) is 4.40. The van der Waals surface area contributed by atoms with E-state index in [9.17, 15) is 17.6 Å². The summed E-state index contributed by atoms with van der Waals surface area (Å²) in [5, 5.41) is 0. The maximum atomic E-state index is 13.2. The highest BCUT2D eigenvalue weighted by molar-refractivity contribution is 5.34. The first-order valence-electron chi connectivity index (χ1n) is 5.89. The number of hydrogen-bond acceptors (Lipinski definition) is 2. The quantitative estimate of drug-likeness (QED) is 0.876. The van der Waals surface area contributed by atoms with Crippen LogP contribution in [0.3, 0.4) is 0 Å². The molecule has 2 N–H and O–H groups in total. The zero-order valence-electron chi connectivity index (χ0n) is 10.4. The van der Waals surface area contributed by atoms with Gasteiger partial charge in [-0.05, 0) is 47.9 Å². The van der Waals surface area contributed by atoms with Crippen molar-refractivity contribution in [2.45, 2.75) is 18.6 Å². The summed E-state index contributed by atoms with van der Waals surface area (Å²) in [5.74, 6) is -0.738. The summed E-state index contributed by atoms with van der Waals surface area (Å²) < 4.78 is 51.9. The largest absolute Gasteiger partial charge is 0.416 e. The van der Waals surface area contributed by atoms with Crippen LogP contribution in [0.5, 0.6) is 0 Å². The molecule has 0 saturated carbocycles. The van der Waals surface area contributed by atoms with E-state index in [1.165, 1.54) is 12.4 Å². The molecular weight excluding hydrogens is 272 g/mol. The minimum atomic E-state index is -4.56. The number of nitrogens with two attached hydrogens (primary N) is 1. The molecule has 0 bridgehead atoms. The zero-order chi connectivity index (χ0) is 14.8. The third kappa shape index (κ3) is 3.33. The molecule has 2 aromatic rings. The number of alkyl halides is 3. The predicted octanol–water partition coefficient (Wildman–Crippen LogP) is 3.48. The Morgan fingerprint density at radius 1 is 1.10 bits per heavy atom. The second kappa shape index (κ2) is 5.58. The van der Waals surface area contributed by atoms with Gasteiger partial charge < -0.3 is 5.73 Å². The third-order valence-corrected chi connectivity index (χ3v) is 2.92. The summed E-state index contributed by atoms with van der Waals surface area (Å²) in [7, 11) is 0. The van der Waals surface area contributed by atoms with Crippen molar-refractivity contribution in [3.8, 4) is 0 Å². The van der Waals surface area contributed by atoms with Gasteiger partial charge in [0.15, 0.2) is 0 Å². The molecule has 0 fully saturated rings. The van der Waals surface area contributed by atoms with E-state index < -0.39 is 23.6 Å². The number of halogens is 4. The van der Waals surface area contributed by atoms with Crippen LogP contribution < -0.4 is 5.73 Å². The van der Waals surface area contributed by atoms with E-state index in [0.717, 1.165) is 23.8 Å². The Hall–Kier alpha value is -1.95. The van der Waals surface area contributed by atoms with Crippen LogP contribution in [0.1, 0.15) is 22.7 Å². The Labute approximate surface area is 113 Å². The van der Waals surface area contributed by atoms with Gasteiger partial charge >= 0.3 is 6.18 Å². The molecule has 0 aliphatic heterocycles. The van der Waals surface area contributed by atoms with Gasteiger partial charge in [-0.3, -0.25) is 4.98 Å². The number of rotatable bonds is 3. The molecule has 106 valence electrons. The Bertz CT molecular complexity index is 581. The molecule has 2 rings (SSSR count). The molecule has 0 aliphatic carbocycles. The molecule has 2 nitrogen and oxygen atoms in total. The van der Waals surface area contributed by atoms with Crippen LogP contribution in [0, 0.1) is 5.82 Å². The maximum absolute atomic E-state index is 13.2. The van der Waals surface area contributed by atoms with Crippen molar-refractivity contribution < 1.29 is 17.6 Å². The monoisotopic (exact) mass is 284 g/mol. The molecule has 0 spiro atoms. The maximum Gasteiger partial charge on any atom is 0.416 e. The highest BCUT2D eigenvalue weighted by atomic mass is 19.4. The molecule has 0 aliphatic rings. The summed E-state index contributed by atoms with van der Waals surface area (Å²) in [6, 6.07) is 4.72. The average molecular weight is 284 g/mol. The fourth-order valence-electron chi connectivity index (χ4n) is 1.98. The highest BCUT2D eigenvalue weighted by Gasteiger charge is 2.34. The van der Waals surface area contributed by atoms with Crippen LogP contribution in [0.2, 0.25) is 0 Å². The van der Waals surface area contributed by atoms with Crippen molar-refractivity contribution in [1.82, 2.24) is 4.98 Å². The number of pyridine rings is 1. The van der Waals surface area contributed by atoms with Crippen molar-refractivity contribution in [2.75, 3.05) is 0 Å². The second-order valence-corrected chi connectivity index (χ2v) is 4.40. The first kappa shape index (κ1) is 14.5. The minimum absolute atomic E-state index is 0.176.